The third kappa shape index (κ3) is 7.67. The van der Waals surface area contributed by atoms with Gasteiger partial charge in [0.1, 0.15) is 5.82 Å². The lowest BCUT2D eigenvalue weighted by atomic mass is 9.89. The zero-order valence-electron chi connectivity index (χ0n) is 23.8. The number of benzene rings is 2. The number of nitrogens with one attached hydrogen (secondary N) is 2. The monoisotopic (exact) mass is 527 g/mol. The van der Waals surface area contributed by atoms with Crippen LogP contribution >= 0.6 is 0 Å². The van der Waals surface area contributed by atoms with Crippen LogP contribution in [0.15, 0.2) is 66.9 Å². The van der Waals surface area contributed by atoms with Crippen LogP contribution in [0.3, 0.4) is 0 Å². The normalized spacial score (nSPS) is 14.4. The molecule has 3 aromatic rings. The molecule has 1 aliphatic rings. The minimum Gasteiger partial charge on any atom is -0.369 e. The van der Waals surface area contributed by atoms with Gasteiger partial charge in [0.2, 0.25) is 0 Å². The molecule has 0 atom stereocenters. The first kappa shape index (κ1) is 28.3. The van der Waals surface area contributed by atoms with E-state index in [2.05, 4.69) is 72.7 Å². The first-order valence-electron chi connectivity index (χ1n) is 13.7. The molecule has 0 saturated carbocycles. The number of carbonyl (C=O) groups excluding carboxylic acids is 2. The van der Waals surface area contributed by atoms with Gasteiger partial charge in [-0.15, -0.1) is 0 Å². The fourth-order valence-electron chi connectivity index (χ4n) is 5.28. The molecule has 1 saturated heterocycles. The highest BCUT2D eigenvalue weighted by Crippen LogP contribution is 2.29. The summed E-state index contributed by atoms with van der Waals surface area (Å²) in [6.07, 6.45) is 3.49. The lowest BCUT2D eigenvalue weighted by Gasteiger charge is -2.32. The molecule has 206 valence electrons. The summed E-state index contributed by atoms with van der Waals surface area (Å²) >= 11 is 0. The number of piperidine rings is 1. The number of anilines is 2. The number of nitrogens with zero attached hydrogens (tertiary/aromatic N) is 3. The van der Waals surface area contributed by atoms with Gasteiger partial charge >= 0.3 is 0 Å². The third-order valence-corrected chi connectivity index (χ3v) is 7.30. The van der Waals surface area contributed by atoms with Gasteiger partial charge in [-0.25, -0.2) is 4.98 Å². The van der Waals surface area contributed by atoms with E-state index in [9.17, 15) is 9.59 Å². The van der Waals surface area contributed by atoms with E-state index in [0.29, 0.717) is 22.7 Å². The summed E-state index contributed by atoms with van der Waals surface area (Å²) in [5.41, 5.74) is 4.02. The molecule has 39 heavy (non-hydrogen) atoms. The van der Waals surface area contributed by atoms with Crippen LogP contribution in [0.5, 0.6) is 0 Å². The molecule has 1 aliphatic heterocycles. The molecule has 0 bridgehead atoms. The number of hydrogen-bond acceptors (Lipinski definition) is 5. The molecule has 1 fully saturated rings. The van der Waals surface area contributed by atoms with Gasteiger partial charge < -0.3 is 20.4 Å². The quantitative estimate of drug-likeness (QED) is 0.375. The molecule has 7 nitrogen and oxygen atoms in total. The van der Waals surface area contributed by atoms with E-state index in [-0.39, 0.29) is 17.2 Å². The predicted molar refractivity (Wildman–Crippen MR) is 159 cm³/mol. The summed E-state index contributed by atoms with van der Waals surface area (Å²) in [5, 5.41) is 6.34. The van der Waals surface area contributed by atoms with E-state index in [4.69, 9.17) is 0 Å². The molecule has 1 aromatic heterocycles. The van der Waals surface area contributed by atoms with Crippen LogP contribution < -0.4 is 10.6 Å². The van der Waals surface area contributed by atoms with Crippen LogP contribution in [0.1, 0.15) is 64.4 Å². The number of carbonyl (C=O) groups is 2. The van der Waals surface area contributed by atoms with Crippen LogP contribution in [-0.4, -0.2) is 66.9 Å². The number of hydrogen-bond donors (Lipinski definition) is 2. The third-order valence-electron chi connectivity index (χ3n) is 7.30. The second-order valence-corrected chi connectivity index (χ2v) is 11.6. The lowest BCUT2D eigenvalue weighted by Crippen LogP contribution is -2.38. The van der Waals surface area contributed by atoms with Crippen molar-refractivity contribution in [1.29, 1.82) is 0 Å². The largest absolute Gasteiger partial charge is 0.369 e. The minimum atomic E-state index is -0.252. The second kappa shape index (κ2) is 12.4. The number of amides is 2. The van der Waals surface area contributed by atoms with Gasteiger partial charge in [0.25, 0.3) is 11.8 Å². The van der Waals surface area contributed by atoms with Gasteiger partial charge in [0.15, 0.2) is 0 Å². The van der Waals surface area contributed by atoms with Gasteiger partial charge in [-0.2, -0.15) is 0 Å². The van der Waals surface area contributed by atoms with Crippen molar-refractivity contribution in [3.63, 3.8) is 0 Å². The Bertz CT molecular complexity index is 1260. The van der Waals surface area contributed by atoms with Gasteiger partial charge in [0.05, 0.1) is 5.56 Å². The van der Waals surface area contributed by atoms with Crippen molar-refractivity contribution in [3.05, 3.63) is 89.1 Å². The van der Waals surface area contributed by atoms with Gasteiger partial charge in [0, 0.05) is 43.6 Å². The Balaban J connectivity index is 1.35. The fraction of sp³-hybridized carbons (Fsp3) is 0.406. The zero-order valence-corrected chi connectivity index (χ0v) is 23.8. The summed E-state index contributed by atoms with van der Waals surface area (Å²) in [6.45, 7) is 9.52. The Morgan fingerprint density at radius 3 is 2.33 bits per heavy atom. The highest BCUT2D eigenvalue weighted by molar-refractivity contribution is 6.05. The SMILES string of the molecule is Cc1ccc(C(=O)N2CCC(c3ccccc3)CC2)cc1NC(=O)c1ccc(NCC(C)(C)CN(C)C)nc1. The molecule has 4 rings (SSSR count). The molecule has 7 heteroatoms. The summed E-state index contributed by atoms with van der Waals surface area (Å²) in [6, 6.07) is 19.6. The van der Waals surface area contributed by atoms with Crippen molar-refractivity contribution in [2.45, 2.75) is 39.5 Å². The maximum atomic E-state index is 13.3. The molecule has 2 N–H and O–H groups in total. The average molecular weight is 528 g/mol. The molecular weight excluding hydrogens is 486 g/mol. The Hall–Kier alpha value is -3.71. The van der Waals surface area contributed by atoms with E-state index >= 15 is 0 Å². The fourth-order valence-corrected chi connectivity index (χ4v) is 5.28. The Morgan fingerprint density at radius 1 is 1.00 bits per heavy atom. The highest BCUT2D eigenvalue weighted by atomic mass is 16.2. The van der Waals surface area contributed by atoms with Crippen LogP contribution in [-0.2, 0) is 0 Å². The van der Waals surface area contributed by atoms with Crippen LogP contribution in [0.4, 0.5) is 11.5 Å². The van der Waals surface area contributed by atoms with E-state index in [1.165, 1.54) is 5.56 Å². The number of aryl methyl sites for hydroxylation is 1. The van der Waals surface area contributed by atoms with Crippen molar-refractivity contribution in [3.8, 4) is 0 Å². The van der Waals surface area contributed by atoms with Crippen molar-refractivity contribution < 1.29 is 9.59 Å². The first-order valence-corrected chi connectivity index (χ1v) is 13.7. The van der Waals surface area contributed by atoms with Gasteiger partial charge in [-0.05, 0) is 80.6 Å². The second-order valence-electron chi connectivity index (χ2n) is 11.6. The van der Waals surface area contributed by atoms with Crippen LogP contribution in [0.2, 0.25) is 0 Å². The summed E-state index contributed by atoms with van der Waals surface area (Å²) < 4.78 is 0. The summed E-state index contributed by atoms with van der Waals surface area (Å²) in [4.78, 5) is 34.8. The Labute approximate surface area is 232 Å². The molecular formula is C32H41N5O2. The summed E-state index contributed by atoms with van der Waals surface area (Å²) in [5.74, 6) is 0.977. The van der Waals surface area contributed by atoms with Crippen molar-refractivity contribution in [1.82, 2.24) is 14.8 Å². The first-order chi connectivity index (χ1) is 18.6. The van der Waals surface area contributed by atoms with Crippen LogP contribution in [0, 0.1) is 12.3 Å². The molecule has 0 radical (unpaired) electrons. The van der Waals surface area contributed by atoms with Crippen LogP contribution in [0.25, 0.3) is 0 Å². The predicted octanol–water partition coefficient (Wildman–Crippen LogP) is 5.66. The number of pyridine rings is 1. The molecule has 0 spiro atoms. The van der Waals surface area contributed by atoms with Gasteiger partial charge in [-0.3, -0.25) is 9.59 Å². The van der Waals surface area contributed by atoms with E-state index < -0.39 is 0 Å². The van der Waals surface area contributed by atoms with Crippen molar-refractivity contribution in [2.75, 3.05) is 50.9 Å². The van der Waals surface area contributed by atoms with Gasteiger partial charge in [-0.1, -0.05) is 50.2 Å². The summed E-state index contributed by atoms with van der Waals surface area (Å²) in [7, 11) is 4.13. The number of likely N-dealkylation sites (tertiary alicyclic amines) is 1. The van der Waals surface area contributed by atoms with Crippen molar-refractivity contribution >= 4 is 23.3 Å². The Morgan fingerprint density at radius 2 is 1.69 bits per heavy atom. The molecule has 2 amide bonds. The smallest absolute Gasteiger partial charge is 0.257 e. The Kier molecular flexibility index (Phi) is 9.02. The molecule has 2 heterocycles. The lowest BCUT2D eigenvalue weighted by molar-refractivity contribution is 0.0712. The van der Waals surface area contributed by atoms with E-state index in [0.717, 1.165) is 50.4 Å². The van der Waals surface area contributed by atoms with E-state index in [1.54, 1.807) is 18.3 Å². The minimum absolute atomic E-state index is 0.00583. The topological polar surface area (TPSA) is 77.6 Å². The molecule has 2 aromatic carbocycles. The average Bonchev–Trinajstić information content (AvgIpc) is 2.93. The maximum Gasteiger partial charge on any atom is 0.257 e. The highest BCUT2D eigenvalue weighted by Gasteiger charge is 2.25. The standard InChI is InChI=1S/C32H41N5O2/c1-23-11-12-26(31(39)37-17-15-25(16-18-37)24-9-7-6-8-10-24)19-28(23)35-30(38)27-13-14-29(33-20-27)34-21-32(2,3)22-36(4)5/h6-14,19-20,25H,15-18,21-22H2,1-5H3,(H,33,34)(H,35,38). The molecule has 0 unspecified atom stereocenters. The van der Waals surface area contributed by atoms with E-state index in [1.807, 2.05) is 36.1 Å². The number of rotatable bonds is 9. The molecule has 0 aliphatic carbocycles. The zero-order chi connectivity index (χ0) is 28.0. The van der Waals surface area contributed by atoms with Crippen molar-refractivity contribution in [2.24, 2.45) is 5.41 Å². The number of aromatic nitrogens is 1. The maximum absolute atomic E-state index is 13.3.